The van der Waals surface area contributed by atoms with E-state index in [1.165, 1.54) is 63.4 Å². The molecule has 1 aliphatic heterocycles. The second-order valence-corrected chi connectivity index (χ2v) is 5.61. The number of unbranched alkanes of at least 4 members (excludes halogenated alkanes) is 1. The summed E-state index contributed by atoms with van der Waals surface area (Å²) in [5.41, 5.74) is 0. The van der Waals surface area contributed by atoms with Crippen LogP contribution in [0.2, 0.25) is 0 Å². The van der Waals surface area contributed by atoms with Crippen molar-refractivity contribution in [3.63, 3.8) is 0 Å². The first-order chi connectivity index (χ1) is 6.95. The highest BCUT2D eigenvalue weighted by Crippen LogP contribution is 2.18. The molecule has 82 valence electrons. The van der Waals surface area contributed by atoms with Crippen LogP contribution in [0.15, 0.2) is 0 Å². The maximum Gasteiger partial charge on any atom is 0.00727 e. The number of nitrogens with zero attached hydrogens (tertiary/aromatic N) is 1. The first kappa shape index (κ1) is 10.8. The monoisotopic (exact) mass is 214 g/mol. The third kappa shape index (κ3) is 4.20. The number of rotatable bonds is 6. The lowest BCUT2D eigenvalue weighted by Gasteiger charge is -2.25. The van der Waals surface area contributed by atoms with Crippen LogP contribution < -0.4 is 5.32 Å². The van der Waals surface area contributed by atoms with E-state index in [9.17, 15) is 0 Å². The summed E-state index contributed by atoms with van der Waals surface area (Å²) < 4.78 is 0. The summed E-state index contributed by atoms with van der Waals surface area (Å²) in [4.78, 5) is 2.62. The van der Waals surface area contributed by atoms with Crippen LogP contribution in [0.5, 0.6) is 0 Å². The zero-order valence-electron chi connectivity index (χ0n) is 9.00. The Morgan fingerprint density at radius 1 is 1.14 bits per heavy atom. The van der Waals surface area contributed by atoms with Crippen molar-refractivity contribution in [1.82, 2.24) is 10.2 Å². The van der Waals surface area contributed by atoms with E-state index in [4.69, 9.17) is 0 Å². The van der Waals surface area contributed by atoms with E-state index in [1.807, 2.05) is 0 Å². The van der Waals surface area contributed by atoms with Crippen molar-refractivity contribution in [1.29, 1.82) is 0 Å². The number of hydrogen-bond acceptors (Lipinski definition) is 3. The molecule has 0 bridgehead atoms. The van der Waals surface area contributed by atoms with Crippen molar-refractivity contribution in [2.24, 2.45) is 0 Å². The van der Waals surface area contributed by atoms with Crippen molar-refractivity contribution >= 4 is 11.8 Å². The first-order valence-corrected chi connectivity index (χ1v) is 7.14. The second kappa shape index (κ2) is 5.99. The van der Waals surface area contributed by atoms with Gasteiger partial charge >= 0.3 is 0 Å². The Balaban J connectivity index is 1.41. The Labute approximate surface area is 91.8 Å². The standard InChI is InChI=1S/C11H22N2S/c1(5-12-11-3-4-11)2-6-13-7-9-14-10-8-13/h11-12H,1-10H2. The van der Waals surface area contributed by atoms with Gasteiger partial charge in [-0.15, -0.1) is 0 Å². The van der Waals surface area contributed by atoms with Crippen molar-refractivity contribution < 1.29 is 0 Å². The first-order valence-electron chi connectivity index (χ1n) is 5.98. The molecule has 0 spiro atoms. The van der Waals surface area contributed by atoms with Crippen LogP contribution in [0.4, 0.5) is 0 Å². The maximum absolute atomic E-state index is 3.57. The fourth-order valence-corrected chi connectivity index (χ4v) is 2.86. The molecule has 1 aliphatic carbocycles. The molecule has 0 aromatic rings. The van der Waals surface area contributed by atoms with Gasteiger partial charge in [-0.25, -0.2) is 0 Å². The fourth-order valence-electron chi connectivity index (χ4n) is 1.88. The third-order valence-electron chi connectivity index (χ3n) is 3.02. The normalized spacial score (nSPS) is 24.0. The van der Waals surface area contributed by atoms with E-state index in [0.717, 1.165) is 6.04 Å². The largest absolute Gasteiger partial charge is 0.314 e. The minimum atomic E-state index is 0.890. The molecule has 0 atom stereocenters. The van der Waals surface area contributed by atoms with Crippen molar-refractivity contribution in [3.05, 3.63) is 0 Å². The fraction of sp³-hybridized carbons (Fsp3) is 1.00. The molecule has 0 aromatic carbocycles. The molecule has 2 fully saturated rings. The summed E-state index contributed by atoms with van der Waals surface area (Å²) in [6.45, 7) is 5.21. The third-order valence-corrected chi connectivity index (χ3v) is 3.96. The van der Waals surface area contributed by atoms with E-state index < -0.39 is 0 Å². The predicted octanol–water partition coefficient (Wildman–Crippen LogP) is 1.57. The summed E-state index contributed by atoms with van der Waals surface area (Å²) in [6.07, 6.45) is 5.58. The summed E-state index contributed by atoms with van der Waals surface area (Å²) in [5, 5.41) is 3.57. The molecule has 1 saturated carbocycles. The number of nitrogens with one attached hydrogen (secondary N) is 1. The zero-order chi connectivity index (χ0) is 9.64. The number of thioether (sulfide) groups is 1. The highest BCUT2D eigenvalue weighted by Gasteiger charge is 2.19. The Kier molecular flexibility index (Phi) is 4.61. The molecule has 0 amide bonds. The molecule has 3 heteroatoms. The molecule has 0 unspecified atom stereocenters. The van der Waals surface area contributed by atoms with Crippen LogP contribution in [0.1, 0.15) is 25.7 Å². The lowest BCUT2D eigenvalue weighted by atomic mass is 10.3. The molecule has 1 heterocycles. The zero-order valence-corrected chi connectivity index (χ0v) is 9.82. The molecular weight excluding hydrogens is 192 g/mol. The summed E-state index contributed by atoms with van der Waals surface area (Å²) in [7, 11) is 0. The van der Waals surface area contributed by atoms with Gasteiger partial charge in [0.15, 0.2) is 0 Å². The highest BCUT2D eigenvalue weighted by atomic mass is 32.2. The second-order valence-electron chi connectivity index (χ2n) is 4.39. The molecule has 0 aromatic heterocycles. The minimum Gasteiger partial charge on any atom is -0.314 e. The SMILES string of the molecule is C(CCN1CCSCC1)CNC1CC1. The van der Waals surface area contributed by atoms with Crippen molar-refractivity contribution in [2.45, 2.75) is 31.7 Å². The van der Waals surface area contributed by atoms with Crippen LogP contribution in [0, 0.1) is 0 Å². The Hall–Kier alpha value is 0.270. The van der Waals surface area contributed by atoms with Gasteiger partial charge in [0, 0.05) is 30.6 Å². The van der Waals surface area contributed by atoms with E-state index in [2.05, 4.69) is 22.0 Å². The van der Waals surface area contributed by atoms with Crippen LogP contribution in [-0.2, 0) is 0 Å². The Morgan fingerprint density at radius 3 is 2.64 bits per heavy atom. The van der Waals surface area contributed by atoms with E-state index in [0.29, 0.717) is 0 Å². The van der Waals surface area contributed by atoms with Gasteiger partial charge in [-0.2, -0.15) is 11.8 Å². The van der Waals surface area contributed by atoms with Gasteiger partial charge < -0.3 is 10.2 Å². The van der Waals surface area contributed by atoms with Gasteiger partial charge in [-0.05, 0) is 38.8 Å². The van der Waals surface area contributed by atoms with Gasteiger partial charge in [0.1, 0.15) is 0 Å². The van der Waals surface area contributed by atoms with Crippen LogP contribution in [0.3, 0.4) is 0 Å². The molecule has 14 heavy (non-hydrogen) atoms. The molecule has 2 aliphatic rings. The Morgan fingerprint density at radius 2 is 1.93 bits per heavy atom. The molecule has 2 nitrogen and oxygen atoms in total. The molecule has 1 N–H and O–H groups in total. The summed E-state index contributed by atoms with van der Waals surface area (Å²) >= 11 is 2.10. The Bertz CT molecular complexity index is 153. The minimum absolute atomic E-state index is 0.890. The molecule has 1 saturated heterocycles. The predicted molar refractivity (Wildman–Crippen MR) is 64.0 cm³/mol. The summed E-state index contributed by atoms with van der Waals surface area (Å²) in [6, 6.07) is 0.890. The van der Waals surface area contributed by atoms with Gasteiger partial charge in [-0.3, -0.25) is 0 Å². The van der Waals surface area contributed by atoms with Crippen LogP contribution in [-0.4, -0.2) is 48.6 Å². The van der Waals surface area contributed by atoms with E-state index in [-0.39, 0.29) is 0 Å². The van der Waals surface area contributed by atoms with Gasteiger partial charge in [0.25, 0.3) is 0 Å². The van der Waals surface area contributed by atoms with Crippen LogP contribution >= 0.6 is 11.8 Å². The maximum atomic E-state index is 3.57. The lowest BCUT2D eigenvalue weighted by Crippen LogP contribution is -2.33. The highest BCUT2D eigenvalue weighted by molar-refractivity contribution is 7.99. The van der Waals surface area contributed by atoms with Gasteiger partial charge in [0.2, 0.25) is 0 Å². The van der Waals surface area contributed by atoms with Gasteiger partial charge in [-0.1, -0.05) is 0 Å². The number of hydrogen-bond donors (Lipinski definition) is 1. The summed E-state index contributed by atoms with van der Waals surface area (Å²) in [5.74, 6) is 2.70. The van der Waals surface area contributed by atoms with Crippen molar-refractivity contribution in [3.8, 4) is 0 Å². The van der Waals surface area contributed by atoms with E-state index in [1.54, 1.807) is 0 Å². The smallest absolute Gasteiger partial charge is 0.00727 e. The average molecular weight is 214 g/mol. The molecule has 2 rings (SSSR count). The van der Waals surface area contributed by atoms with Gasteiger partial charge in [0.05, 0.1) is 0 Å². The quantitative estimate of drug-likeness (QED) is 0.676. The van der Waals surface area contributed by atoms with Crippen LogP contribution in [0.25, 0.3) is 0 Å². The van der Waals surface area contributed by atoms with E-state index >= 15 is 0 Å². The lowest BCUT2D eigenvalue weighted by molar-refractivity contribution is 0.295. The van der Waals surface area contributed by atoms with Crippen molar-refractivity contribution in [2.75, 3.05) is 37.7 Å². The molecule has 0 radical (unpaired) electrons. The average Bonchev–Trinajstić information content (AvgIpc) is 3.03. The molecular formula is C11H22N2S. The topological polar surface area (TPSA) is 15.3 Å².